The highest BCUT2D eigenvalue weighted by atomic mass is 35.5. The zero-order valence-corrected chi connectivity index (χ0v) is 19.7. The predicted octanol–water partition coefficient (Wildman–Crippen LogP) is 5.33. The fourth-order valence-corrected chi connectivity index (χ4v) is 5.01. The largest absolute Gasteiger partial charge is 0.507 e. The lowest BCUT2D eigenvalue weighted by Crippen LogP contribution is -2.29. The summed E-state index contributed by atoms with van der Waals surface area (Å²) < 4.78 is 5.74. The number of hydrogen-bond donors (Lipinski definition) is 1. The molecule has 0 bridgehead atoms. The molecule has 3 heterocycles. The van der Waals surface area contributed by atoms with E-state index in [4.69, 9.17) is 27.9 Å². The number of rotatable bonds is 4. The van der Waals surface area contributed by atoms with Crippen LogP contribution in [0.1, 0.15) is 35.2 Å². The van der Waals surface area contributed by atoms with Gasteiger partial charge < -0.3 is 14.7 Å². The molecule has 2 atom stereocenters. The molecule has 0 spiro atoms. The van der Waals surface area contributed by atoms with Gasteiger partial charge in [-0.3, -0.25) is 14.6 Å². The Bertz CT molecular complexity index is 1340. The molecule has 1 amide bonds. The smallest absolute Gasteiger partial charge is 0.295 e. The molecule has 2 unspecified atom stereocenters. The van der Waals surface area contributed by atoms with Gasteiger partial charge in [0.2, 0.25) is 0 Å². The Morgan fingerprint density at radius 1 is 1.18 bits per heavy atom. The van der Waals surface area contributed by atoms with Crippen LogP contribution in [0.2, 0.25) is 10.0 Å². The molecule has 34 heavy (non-hydrogen) atoms. The van der Waals surface area contributed by atoms with Crippen LogP contribution in [0, 0.1) is 0 Å². The topological polar surface area (TPSA) is 79.7 Å². The number of carbonyl (C=O) groups is 2. The van der Waals surface area contributed by atoms with Crippen LogP contribution in [0.15, 0.2) is 66.5 Å². The first kappa shape index (κ1) is 22.4. The lowest BCUT2D eigenvalue weighted by Gasteiger charge is -2.26. The van der Waals surface area contributed by atoms with Gasteiger partial charge in [-0.25, -0.2) is 0 Å². The van der Waals surface area contributed by atoms with E-state index < -0.39 is 17.7 Å². The Morgan fingerprint density at radius 2 is 2.00 bits per heavy atom. The number of halogens is 2. The second-order valence-electron chi connectivity index (χ2n) is 8.41. The summed E-state index contributed by atoms with van der Waals surface area (Å²) in [6.07, 6.45) is 3.98. The molecule has 1 fully saturated rings. The van der Waals surface area contributed by atoms with Crippen molar-refractivity contribution in [2.75, 3.05) is 0 Å². The number of amides is 1. The molecule has 1 saturated heterocycles. The van der Waals surface area contributed by atoms with E-state index in [1.54, 1.807) is 54.9 Å². The number of hydrogen-bond acceptors (Lipinski definition) is 5. The molecule has 2 aliphatic heterocycles. The lowest BCUT2D eigenvalue weighted by molar-refractivity contribution is -0.140. The van der Waals surface area contributed by atoms with Gasteiger partial charge in [0.1, 0.15) is 17.6 Å². The highest BCUT2D eigenvalue weighted by molar-refractivity contribution is 6.47. The zero-order valence-electron chi connectivity index (χ0n) is 18.2. The van der Waals surface area contributed by atoms with Crippen molar-refractivity contribution in [2.45, 2.75) is 32.0 Å². The first-order valence-corrected chi connectivity index (χ1v) is 11.5. The molecule has 3 aromatic rings. The van der Waals surface area contributed by atoms with Gasteiger partial charge in [0.25, 0.3) is 11.7 Å². The molecule has 1 aromatic heterocycles. The maximum atomic E-state index is 13.2. The van der Waals surface area contributed by atoms with Crippen LogP contribution in [0.25, 0.3) is 5.76 Å². The Labute approximate surface area is 206 Å². The van der Waals surface area contributed by atoms with Crippen molar-refractivity contribution in [3.8, 4) is 5.75 Å². The number of aliphatic hydroxyl groups is 1. The number of ether oxygens (including phenoxy) is 1. The summed E-state index contributed by atoms with van der Waals surface area (Å²) in [6.45, 7) is 2.08. The molecule has 2 aliphatic rings. The maximum absolute atomic E-state index is 13.2. The standard InChI is InChI=1S/C26H20Cl2N2O4/c1-14-9-17-10-16(4-7-21(17)34-14)24(31)22-23(19-6-5-18(27)11-20(19)28)30(26(33)25(22)32)13-15-3-2-8-29-12-15/h2-8,10-12,14,23,31H,9,13H2,1H3. The van der Waals surface area contributed by atoms with Crippen LogP contribution in [0.4, 0.5) is 0 Å². The summed E-state index contributed by atoms with van der Waals surface area (Å²) in [5.41, 5.74) is 2.58. The fraction of sp³-hybridized carbons (Fsp3) is 0.192. The minimum atomic E-state index is -0.895. The molecule has 8 heteroatoms. The van der Waals surface area contributed by atoms with Gasteiger partial charge in [0, 0.05) is 41.0 Å². The van der Waals surface area contributed by atoms with Gasteiger partial charge in [0.05, 0.1) is 11.6 Å². The van der Waals surface area contributed by atoms with E-state index in [0.717, 1.165) is 16.9 Å². The molecule has 172 valence electrons. The van der Waals surface area contributed by atoms with E-state index in [0.29, 0.717) is 22.6 Å². The molecular weight excluding hydrogens is 475 g/mol. The van der Waals surface area contributed by atoms with Crippen LogP contribution in [-0.2, 0) is 22.6 Å². The predicted molar refractivity (Wildman–Crippen MR) is 129 cm³/mol. The van der Waals surface area contributed by atoms with Crippen LogP contribution in [-0.4, -0.2) is 32.8 Å². The monoisotopic (exact) mass is 494 g/mol. The Kier molecular flexibility index (Phi) is 5.80. The summed E-state index contributed by atoms with van der Waals surface area (Å²) in [6, 6.07) is 12.8. The number of fused-ring (bicyclic) bond motifs is 1. The normalized spacial score (nSPS) is 21.0. The van der Waals surface area contributed by atoms with Crippen LogP contribution in [0.3, 0.4) is 0 Å². The van der Waals surface area contributed by atoms with Crippen molar-refractivity contribution in [1.29, 1.82) is 0 Å². The summed E-state index contributed by atoms with van der Waals surface area (Å²) in [5.74, 6) is -1.01. The minimum absolute atomic E-state index is 0.0231. The van der Waals surface area contributed by atoms with Crippen LogP contribution >= 0.6 is 23.2 Å². The number of benzene rings is 2. The van der Waals surface area contributed by atoms with E-state index in [1.165, 1.54) is 4.90 Å². The molecule has 1 N–H and O–H groups in total. The van der Waals surface area contributed by atoms with Gasteiger partial charge >= 0.3 is 0 Å². The molecule has 0 aliphatic carbocycles. The first-order valence-electron chi connectivity index (χ1n) is 10.8. The second kappa shape index (κ2) is 8.78. The number of likely N-dealkylation sites (tertiary alicyclic amines) is 1. The first-order chi connectivity index (χ1) is 16.3. The maximum Gasteiger partial charge on any atom is 0.295 e. The molecule has 2 aromatic carbocycles. The third-order valence-corrected chi connectivity index (χ3v) is 6.60. The summed E-state index contributed by atoms with van der Waals surface area (Å²) in [4.78, 5) is 31.9. The van der Waals surface area contributed by atoms with Crippen molar-refractivity contribution < 1.29 is 19.4 Å². The van der Waals surface area contributed by atoms with Gasteiger partial charge in [0.15, 0.2) is 0 Å². The third kappa shape index (κ3) is 3.93. The van der Waals surface area contributed by atoms with E-state index in [2.05, 4.69) is 4.98 Å². The van der Waals surface area contributed by atoms with Crippen LogP contribution < -0.4 is 4.74 Å². The van der Waals surface area contributed by atoms with Gasteiger partial charge in [-0.2, -0.15) is 0 Å². The van der Waals surface area contributed by atoms with E-state index in [1.807, 2.05) is 13.0 Å². The fourth-order valence-electron chi connectivity index (χ4n) is 4.50. The molecule has 6 nitrogen and oxygen atoms in total. The second-order valence-corrected chi connectivity index (χ2v) is 9.25. The number of Topliss-reactive ketones (excluding diaryl/α,β-unsaturated/α-hetero) is 1. The van der Waals surface area contributed by atoms with Crippen LogP contribution in [0.5, 0.6) is 5.75 Å². The number of ketones is 1. The SMILES string of the molecule is CC1Cc2cc(C(O)=C3C(=O)C(=O)N(Cc4cccnc4)C3c3ccc(Cl)cc3Cl)ccc2O1. The third-order valence-electron chi connectivity index (χ3n) is 6.04. The number of pyridine rings is 1. The Balaban J connectivity index is 1.66. The molecule has 5 rings (SSSR count). The quantitative estimate of drug-likeness (QED) is 0.301. The summed E-state index contributed by atoms with van der Waals surface area (Å²) in [7, 11) is 0. The minimum Gasteiger partial charge on any atom is -0.507 e. The highest BCUT2D eigenvalue weighted by Crippen LogP contribution is 2.43. The van der Waals surface area contributed by atoms with E-state index in [-0.39, 0.29) is 29.0 Å². The van der Waals surface area contributed by atoms with E-state index >= 15 is 0 Å². The van der Waals surface area contributed by atoms with Gasteiger partial charge in [-0.1, -0.05) is 35.3 Å². The van der Waals surface area contributed by atoms with Crippen molar-refractivity contribution in [1.82, 2.24) is 9.88 Å². The number of carbonyl (C=O) groups excluding carboxylic acids is 2. The Morgan fingerprint density at radius 3 is 2.74 bits per heavy atom. The summed E-state index contributed by atoms with van der Waals surface area (Å²) in [5, 5.41) is 12.0. The van der Waals surface area contributed by atoms with Crippen molar-refractivity contribution in [2.24, 2.45) is 0 Å². The molecule has 0 saturated carbocycles. The van der Waals surface area contributed by atoms with Gasteiger partial charge in [-0.15, -0.1) is 0 Å². The molecular formula is C26H20Cl2N2O4. The van der Waals surface area contributed by atoms with Crippen molar-refractivity contribution >= 4 is 40.7 Å². The van der Waals surface area contributed by atoms with Crippen molar-refractivity contribution in [3.05, 3.63) is 98.8 Å². The Hall–Kier alpha value is -3.35. The lowest BCUT2D eigenvalue weighted by atomic mass is 9.94. The average Bonchev–Trinajstić information content (AvgIpc) is 3.30. The number of nitrogens with zero attached hydrogens (tertiary/aromatic N) is 2. The highest BCUT2D eigenvalue weighted by Gasteiger charge is 2.46. The zero-order chi connectivity index (χ0) is 24.0. The van der Waals surface area contributed by atoms with Crippen molar-refractivity contribution in [3.63, 3.8) is 0 Å². The average molecular weight is 495 g/mol. The molecule has 0 radical (unpaired) electrons. The number of aliphatic hydroxyl groups excluding tert-OH is 1. The van der Waals surface area contributed by atoms with E-state index in [9.17, 15) is 14.7 Å². The van der Waals surface area contributed by atoms with Gasteiger partial charge in [-0.05, 0) is 60.0 Å². The summed E-state index contributed by atoms with van der Waals surface area (Å²) >= 11 is 12.6. The number of aromatic nitrogens is 1.